The van der Waals surface area contributed by atoms with Crippen molar-refractivity contribution in [2.75, 3.05) is 6.61 Å². The van der Waals surface area contributed by atoms with Crippen LogP contribution in [0.5, 0.6) is 0 Å². The van der Waals surface area contributed by atoms with E-state index in [-0.39, 0.29) is 5.60 Å². The van der Waals surface area contributed by atoms with Crippen LogP contribution in [0, 0.1) is 0 Å². The van der Waals surface area contributed by atoms with Gasteiger partial charge in [-0.3, -0.25) is 0 Å². The van der Waals surface area contributed by atoms with Crippen molar-refractivity contribution in [3.05, 3.63) is 34.0 Å². The molecule has 1 fully saturated rings. The average Bonchev–Trinajstić information content (AvgIpc) is 2.67. The highest BCUT2D eigenvalue weighted by Crippen LogP contribution is 2.46. The molecule has 0 saturated heterocycles. The van der Waals surface area contributed by atoms with Crippen molar-refractivity contribution in [3.8, 4) is 0 Å². The molecule has 1 atom stereocenters. The molecule has 1 aromatic rings. The van der Waals surface area contributed by atoms with Crippen molar-refractivity contribution in [3.63, 3.8) is 0 Å². The van der Waals surface area contributed by atoms with Gasteiger partial charge in [0.1, 0.15) is 0 Å². The van der Waals surface area contributed by atoms with Gasteiger partial charge in [0, 0.05) is 17.7 Å². The van der Waals surface area contributed by atoms with Crippen LogP contribution in [0.3, 0.4) is 0 Å². The predicted octanol–water partition coefficient (Wildman–Crippen LogP) is 3.65. The van der Waals surface area contributed by atoms with E-state index in [9.17, 15) is 0 Å². The lowest BCUT2D eigenvalue weighted by Crippen LogP contribution is -2.37. The maximum absolute atomic E-state index is 6.11. The van der Waals surface area contributed by atoms with Gasteiger partial charge in [0.25, 0.3) is 0 Å². The highest BCUT2D eigenvalue weighted by molar-refractivity contribution is 7.10. The fraction of sp³-hybridized carbons (Fsp3) is 0.538. The second-order valence-corrected chi connectivity index (χ2v) is 5.63. The fourth-order valence-electron chi connectivity index (χ4n) is 2.91. The molecule has 0 unspecified atom stereocenters. The first-order valence-corrected chi connectivity index (χ1v) is 6.56. The number of thiophene rings is 1. The smallest absolute Gasteiger partial charge is 0.0979 e. The van der Waals surface area contributed by atoms with Crippen molar-refractivity contribution in [2.45, 2.75) is 37.7 Å². The molecule has 1 aromatic heterocycles. The third-order valence-electron chi connectivity index (χ3n) is 3.59. The maximum atomic E-state index is 6.11. The second-order valence-electron chi connectivity index (χ2n) is 4.63. The van der Waals surface area contributed by atoms with Crippen LogP contribution < -0.4 is 0 Å². The molecule has 1 aliphatic carbocycles. The van der Waals surface area contributed by atoms with Gasteiger partial charge in [0.15, 0.2) is 0 Å². The van der Waals surface area contributed by atoms with E-state index in [1.165, 1.54) is 35.3 Å². The van der Waals surface area contributed by atoms with E-state index >= 15 is 0 Å². The second kappa shape index (κ2) is 3.46. The highest BCUT2D eigenvalue weighted by Gasteiger charge is 2.40. The third-order valence-corrected chi connectivity index (χ3v) is 4.57. The van der Waals surface area contributed by atoms with Gasteiger partial charge in [0.2, 0.25) is 0 Å². The average molecular weight is 220 g/mol. The molecule has 1 saturated carbocycles. The maximum Gasteiger partial charge on any atom is 0.0979 e. The molecule has 0 aromatic carbocycles. The number of hydrogen-bond donors (Lipinski definition) is 0. The van der Waals surface area contributed by atoms with Gasteiger partial charge in [-0.2, -0.15) is 0 Å². The van der Waals surface area contributed by atoms with Gasteiger partial charge in [0.05, 0.1) is 12.2 Å². The monoisotopic (exact) mass is 220 g/mol. The summed E-state index contributed by atoms with van der Waals surface area (Å²) >= 11 is 1.88. The minimum Gasteiger partial charge on any atom is -0.370 e. The van der Waals surface area contributed by atoms with Gasteiger partial charge in [-0.25, -0.2) is 0 Å². The normalized spacial score (nSPS) is 30.5. The Morgan fingerprint density at radius 2 is 2.33 bits per heavy atom. The SMILES string of the molecule is C=C1CCC[C@@]2(C1)OCCc1sccc12. The number of fused-ring (bicyclic) bond motifs is 2. The van der Waals surface area contributed by atoms with Gasteiger partial charge in [-0.1, -0.05) is 12.2 Å². The van der Waals surface area contributed by atoms with Crippen molar-refractivity contribution in [2.24, 2.45) is 0 Å². The largest absolute Gasteiger partial charge is 0.370 e. The fourth-order valence-corrected chi connectivity index (χ4v) is 3.87. The van der Waals surface area contributed by atoms with E-state index in [2.05, 4.69) is 18.0 Å². The lowest BCUT2D eigenvalue weighted by molar-refractivity contribution is -0.0731. The minimum absolute atomic E-state index is 0.00289. The summed E-state index contributed by atoms with van der Waals surface area (Å²) in [6.07, 6.45) is 5.73. The van der Waals surface area contributed by atoms with Crippen LogP contribution in [-0.2, 0) is 16.8 Å². The van der Waals surface area contributed by atoms with Crippen molar-refractivity contribution < 1.29 is 4.74 Å². The molecule has 2 heterocycles. The van der Waals surface area contributed by atoms with Crippen LogP contribution in [0.4, 0.5) is 0 Å². The summed E-state index contributed by atoms with van der Waals surface area (Å²) in [7, 11) is 0. The molecule has 0 amide bonds. The molecule has 1 aliphatic heterocycles. The Balaban J connectivity index is 2.03. The van der Waals surface area contributed by atoms with E-state index in [4.69, 9.17) is 4.74 Å². The summed E-state index contributed by atoms with van der Waals surface area (Å²) in [5, 5.41) is 2.21. The molecule has 3 rings (SSSR count). The zero-order valence-corrected chi connectivity index (χ0v) is 9.74. The van der Waals surface area contributed by atoms with Crippen LogP contribution >= 0.6 is 11.3 Å². The first-order chi connectivity index (χ1) is 7.30. The van der Waals surface area contributed by atoms with Gasteiger partial charge in [-0.05, 0) is 36.3 Å². The summed E-state index contributed by atoms with van der Waals surface area (Å²) in [4.78, 5) is 1.54. The first-order valence-electron chi connectivity index (χ1n) is 5.68. The van der Waals surface area contributed by atoms with E-state index < -0.39 is 0 Å². The van der Waals surface area contributed by atoms with Gasteiger partial charge in [-0.15, -0.1) is 11.3 Å². The van der Waals surface area contributed by atoms with Gasteiger partial charge >= 0.3 is 0 Å². The van der Waals surface area contributed by atoms with Crippen molar-refractivity contribution >= 4 is 11.3 Å². The predicted molar refractivity (Wildman–Crippen MR) is 63.3 cm³/mol. The van der Waals surface area contributed by atoms with Crippen LogP contribution in [0.2, 0.25) is 0 Å². The molecule has 0 bridgehead atoms. The highest BCUT2D eigenvalue weighted by atomic mass is 32.1. The van der Waals surface area contributed by atoms with E-state index in [0.717, 1.165) is 19.4 Å². The molecule has 1 nitrogen and oxygen atoms in total. The van der Waals surface area contributed by atoms with E-state index in [1.807, 2.05) is 11.3 Å². The molecule has 15 heavy (non-hydrogen) atoms. The summed E-state index contributed by atoms with van der Waals surface area (Å²) in [5.74, 6) is 0. The van der Waals surface area contributed by atoms with Crippen molar-refractivity contribution in [1.29, 1.82) is 0 Å². The number of rotatable bonds is 0. The minimum atomic E-state index is 0.00289. The zero-order valence-electron chi connectivity index (χ0n) is 8.92. The summed E-state index contributed by atoms with van der Waals surface area (Å²) in [5.41, 5.74) is 2.82. The molecular formula is C13H16OS. The Hall–Kier alpha value is -0.600. The van der Waals surface area contributed by atoms with E-state index in [0.29, 0.717) is 0 Å². The zero-order chi connectivity index (χ0) is 10.3. The molecule has 2 aliphatic rings. The molecule has 0 radical (unpaired) electrons. The van der Waals surface area contributed by atoms with Crippen LogP contribution in [-0.4, -0.2) is 6.61 Å². The van der Waals surface area contributed by atoms with Crippen molar-refractivity contribution in [1.82, 2.24) is 0 Å². The third kappa shape index (κ3) is 1.47. The number of ether oxygens (including phenoxy) is 1. The summed E-state index contributed by atoms with van der Waals surface area (Å²) in [6, 6.07) is 2.26. The Kier molecular flexibility index (Phi) is 2.22. The summed E-state index contributed by atoms with van der Waals surface area (Å²) in [6.45, 7) is 5.03. The van der Waals surface area contributed by atoms with Crippen LogP contribution in [0.25, 0.3) is 0 Å². The molecular weight excluding hydrogens is 204 g/mol. The Labute approximate surface area is 94.8 Å². The van der Waals surface area contributed by atoms with E-state index in [1.54, 1.807) is 0 Å². The molecule has 2 heteroatoms. The van der Waals surface area contributed by atoms with Crippen LogP contribution in [0.1, 0.15) is 36.1 Å². The Morgan fingerprint density at radius 3 is 3.20 bits per heavy atom. The number of hydrogen-bond acceptors (Lipinski definition) is 2. The molecule has 0 N–H and O–H groups in total. The Morgan fingerprint density at radius 1 is 1.40 bits per heavy atom. The lowest BCUT2D eigenvalue weighted by atomic mass is 9.76. The lowest BCUT2D eigenvalue weighted by Gasteiger charge is -2.41. The Bertz CT molecular complexity index is 393. The van der Waals surface area contributed by atoms with Crippen LogP contribution in [0.15, 0.2) is 23.6 Å². The topological polar surface area (TPSA) is 9.23 Å². The quantitative estimate of drug-likeness (QED) is 0.606. The first kappa shape index (κ1) is 9.61. The van der Waals surface area contributed by atoms with Gasteiger partial charge < -0.3 is 4.74 Å². The standard InChI is InChI=1S/C13H16OS/c1-10-3-2-6-13(9-10)11-5-8-15-12(11)4-7-14-13/h5,8H,1-4,6-7,9H2/t13-/m0/s1. The molecule has 80 valence electrons. The summed E-state index contributed by atoms with van der Waals surface area (Å²) < 4.78 is 6.11. The molecule has 1 spiro atoms.